The molecule has 0 amide bonds. The summed E-state index contributed by atoms with van der Waals surface area (Å²) >= 11 is 5.56. The Morgan fingerprint density at radius 1 is 1.53 bits per heavy atom. The fourth-order valence-corrected chi connectivity index (χ4v) is 2.39. The van der Waals surface area contributed by atoms with E-state index in [0.717, 1.165) is 12.1 Å². The number of carbonyl (C=O) groups excluding carboxylic acids is 1. The Balaban J connectivity index is 2.37. The molecule has 2 atom stereocenters. The number of anilines is 1. The number of halogens is 1. The van der Waals surface area contributed by atoms with Gasteiger partial charge in [0, 0.05) is 11.7 Å². The summed E-state index contributed by atoms with van der Waals surface area (Å²) in [6, 6.07) is 8.29. The normalized spacial score (nSPS) is 21.3. The third-order valence-corrected chi connectivity index (χ3v) is 3.32. The summed E-state index contributed by atoms with van der Waals surface area (Å²) in [5.74, 6) is 0. The van der Waals surface area contributed by atoms with E-state index in [1.807, 2.05) is 19.1 Å². The standard InChI is InChI=1S/C12H14ClNO/c1-8-7-10-5-3-4-6-11(10)14(8)9(2)12(13)15/h3-6,8-9H,7H2,1-2H3. The molecular formula is C12H14ClNO. The van der Waals surface area contributed by atoms with Crippen molar-refractivity contribution in [3.8, 4) is 0 Å². The summed E-state index contributed by atoms with van der Waals surface area (Å²) in [6.45, 7) is 3.98. The largest absolute Gasteiger partial charge is 0.357 e. The van der Waals surface area contributed by atoms with E-state index in [9.17, 15) is 4.79 Å². The summed E-state index contributed by atoms with van der Waals surface area (Å²) in [4.78, 5) is 13.3. The molecule has 80 valence electrons. The number of nitrogens with zero attached hydrogens (tertiary/aromatic N) is 1. The van der Waals surface area contributed by atoms with Crippen LogP contribution in [0.2, 0.25) is 0 Å². The fourth-order valence-electron chi connectivity index (χ4n) is 2.29. The van der Waals surface area contributed by atoms with Gasteiger partial charge in [0.1, 0.15) is 6.04 Å². The van der Waals surface area contributed by atoms with Gasteiger partial charge in [-0.05, 0) is 43.5 Å². The third kappa shape index (κ3) is 1.74. The van der Waals surface area contributed by atoms with Gasteiger partial charge in [0.2, 0.25) is 5.24 Å². The van der Waals surface area contributed by atoms with Gasteiger partial charge in [-0.3, -0.25) is 4.79 Å². The lowest BCUT2D eigenvalue weighted by molar-refractivity contribution is -0.112. The van der Waals surface area contributed by atoms with Crippen LogP contribution in [0, 0.1) is 0 Å². The van der Waals surface area contributed by atoms with E-state index >= 15 is 0 Å². The van der Waals surface area contributed by atoms with Crippen molar-refractivity contribution < 1.29 is 4.79 Å². The van der Waals surface area contributed by atoms with Crippen LogP contribution in [0.1, 0.15) is 19.4 Å². The van der Waals surface area contributed by atoms with Crippen molar-refractivity contribution in [2.75, 3.05) is 4.90 Å². The highest BCUT2D eigenvalue weighted by atomic mass is 35.5. The monoisotopic (exact) mass is 223 g/mol. The van der Waals surface area contributed by atoms with E-state index < -0.39 is 0 Å². The van der Waals surface area contributed by atoms with Crippen LogP contribution in [0.15, 0.2) is 24.3 Å². The average molecular weight is 224 g/mol. The minimum atomic E-state index is -0.293. The zero-order valence-electron chi connectivity index (χ0n) is 8.90. The zero-order valence-corrected chi connectivity index (χ0v) is 9.66. The maximum absolute atomic E-state index is 11.2. The van der Waals surface area contributed by atoms with Crippen LogP contribution < -0.4 is 4.90 Å². The molecule has 0 aliphatic carbocycles. The quantitative estimate of drug-likeness (QED) is 0.719. The molecule has 1 aliphatic rings. The molecule has 3 heteroatoms. The van der Waals surface area contributed by atoms with Crippen LogP contribution in [-0.2, 0) is 11.2 Å². The second-order valence-corrected chi connectivity index (χ2v) is 4.44. The highest BCUT2D eigenvalue weighted by Gasteiger charge is 2.31. The lowest BCUT2D eigenvalue weighted by Crippen LogP contribution is -2.40. The molecule has 0 N–H and O–H groups in total. The van der Waals surface area contributed by atoms with Crippen molar-refractivity contribution in [1.29, 1.82) is 0 Å². The molecule has 2 rings (SSSR count). The molecule has 0 fully saturated rings. The number of rotatable bonds is 2. The molecule has 15 heavy (non-hydrogen) atoms. The highest BCUT2D eigenvalue weighted by Crippen LogP contribution is 2.33. The van der Waals surface area contributed by atoms with Crippen molar-refractivity contribution in [3.05, 3.63) is 29.8 Å². The SMILES string of the molecule is CC1Cc2ccccc2N1C(C)C(=O)Cl. The Morgan fingerprint density at radius 2 is 2.20 bits per heavy atom. The number of carbonyl (C=O) groups is 1. The molecule has 2 unspecified atom stereocenters. The number of para-hydroxylation sites is 1. The van der Waals surface area contributed by atoms with Crippen LogP contribution in [0.25, 0.3) is 0 Å². The van der Waals surface area contributed by atoms with Crippen molar-refractivity contribution in [3.63, 3.8) is 0 Å². The van der Waals surface area contributed by atoms with Gasteiger partial charge in [-0.15, -0.1) is 0 Å². The lowest BCUT2D eigenvalue weighted by atomic mass is 10.1. The topological polar surface area (TPSA) is 20.3 Å². The predicted molar refractivity (Wildman–Crippen MR) is 62.4 cm³/mol. The molecule has 1 aromatic carbocycles. The second-order valence-electron chi connectivity index (χ2n) is 4.07. The van der Waals surface area contributed by atoms with Crippen molar-refractivity contribution in [2.45, 2.75) is 32.4 Å². The van der Waals surface area contributed by atoms with Crippen molar-refractivity contribution in [2.24, 2.45) is 0 Å². The Labute approximate surface area is 94.8 Å². The number of fused-ring (bicyclic) bond motifs is 1. The predicted octanol–water partition coefficient (Wildman–Crippen LogP) is 2.59. The number of benzene rings is 1. The Morgan fingerprint density at radius 3 is 2.87 bits per heavy atom. The molecule has 0 aromatic heterocycles. The molecule has 1 heterocycles. The number of hydrogen-bond donors (Lipinski definition) is 0. The van der Waals surface area contributed by atoms with E-state index in [1.54, 1.807) is 0 Å². The molecule has 0 bridgehead atoms. The van der Waals surface area contributed by atoms with Gasteiger partial charge in [-0.1, -0.05) is 18.2 Å². The van der Waals surface area contributed by atoms with E-state index in [2.05, 4.69) is 24.0 Å². The Kier molecular flexibility index (Phi) is 2.70. The van der Waals surface area contributed by atoms with Gasteiger partial charge in [-0.2, -0.15) is 0 Å². The molecule has 0 saturated heterocycles. The maximum atomic E-state index is 11.2. The van der Waals surface area contributed by atoms with Crippen LogP contribution in [0.4, 0.5) is 5.69 Å². The minimum Gasteiger partial charge on any atom is -0.357 e. The first kappa shape index (κ1) is 10.5. The first-order chi connectivity index (χ1) is 7.11. The lowest BCUT2D eigenvalue weighted by Gasteiger charge is -2.29. The molecular weight excluding hydrogens is 210 g/mol. The van der Waals surface area contributed by atoms with Crippen molar-refractivity contribution >= 4 is 22.5 Å². The third-order valence-electron chi connectivity index (χ3n) is 3.01. The van der Waals surface area contributed by atoms with E-state index in [0.29, 0.717) is 6.04 Å². The summed E-state index contributed by atoms with van der Waals surface area (Å²) in [6.07, 6.45) is 0.991. The van der Waals surface area contributed by atoms with Crippen LogP contribution in [-0.4, -0.2) is 17.3 Å². The summed E-state index contributed by atoms with van der Waals surface area (Å²) < 4.78 is 0. The molecule has 2 nitrogen and oxygen atoms in total. The number of hydrogen-bond acceptors (Lipinski definition) is 2. The van der Waals surface area contributed by atoms with Gasteiger partial charge in [-0.25, -0.2) is 0 Å². The summed E-state index contributed by atoms with van der Waals surface area (Å²) in [5, 5.41) is -0.293. The Bertz CT molecular complexity index is 391. The van der Waals surface area contributed by atoms with Crippen LogP contribution >= 0.6 is 11.6 Å². The van der Waals surface area contributed by atoms with Gasteiger partial charge in [0.15, 0.2) is 0 Å². The zero-order chi connectivity index (χ0) is 11.0. The van der Waals surface area contributed by atoms with Crippen LogP contribution in [0.5, 0.6) is 0 Å². The molecule has 0 radical (unpaired) electrons. The Hall–Kier alpha value is -1.02. The summed E-state index contributed by atoms with van der Waals surface area (Å²) in [7, 11) is 0. The minimum absolute atomic E-state index is 0.245. The van der Waals surface area contributed by atoms with Gasteiger partial charge in [0.25, 0.3) is 0 Å². The van der Waals surface area contributed by atoms with E-state index in [-0.39, 0.29) is 11.3 Å². The maximum Gasteiger partial charge on any atom is 0.243 e. The first-order valence-electron chi connectivity index (χ1n) is 5.17. The summed E-state index contributed by atoms with van der Waals surface area (Å²) in [5.41, 5.74) is 2.45. The highest BCUT2D eigenvalue weighted by molar-refractivity contribution is 6.65. The average Bonchev–Trinajstić information content (AvgIpc) is 2.52. The van der Waals surface area contributed by atoms with E-state index in [4.69, 9.17) is 11.6 Å². The molecule has 1 aromatic rings. The second kappa shape index (κ2) is 3.86. The van der Waals surface area contributed by atoms with Gasteiger partial charge >= 0.3 is 0 Å². The van der Waals surface area contributed by atoms with Crippen molar-refractivity contribution in [1.82, 2.24) is 0 Å². The van der Waals surface area contributed by atoms with Gasteiger partial charge in [0.05, 0.1) is 0 Å². The van der Waals surface area contributed by atoms with E-state index in [1.165, 1.54) is 5.56 Å². The molecule has 1 aliphatic heterocycles. The first-order valence-corrected chi connectivity index (χ1v) is 5.54. The molecule has 0 spiro atoms. The van der Waals surface area contributed by atoms with Crippen LogP contribution in [0.3, 0.4) is 0 Å². The smallest absolute Gasteiger partial charge is 0.243 e. The fraction of sp³-hybridized carbons (Fsp3) is 0.417. The van der Waals surface area contributed by atoms with Gasteiger partial charge < -0.3 is 4.90 Å². The molecule has 0 saturated carbocycles.